The quantitative estimate of drug-likeness (QED) is 0.192. The second-order valence-electron chi connectivity index (χ2n) is 9.61. The number of hydrogen-bond acceptors (Lipinski definition) is 10. The molecule has 1 amide bonds. The Bertz CT molecular complexity index is 1760. The van der Waals surface area contributed by atoms with Crippen molar-refractivity contribution in [2.75, 3.05) is 17.2 Å². The van der Waals surface area contributed by atoms with Crippen LogP contribution in [0.1, 0.15) is 39.8 Å². The number of carbonyl (C=O) groups excluding carboxylic acids is 1. The van der Waals surface area contributed by atoms with Crippen LogP contribution in [0.4, 0.5) is 11.5 Å². The van der Waals surface area contributed by atoms with E-state index in [2.05, 4.69) is 42.1 Å². The molecule has 212 valence electrons. The largest absolute Gasteiger partial charge is 0.489 e. The zero-order chi connectivity index (χ0) is 29.1. The molecule has 0 saturated carbocycles. The maximum absolute atomic E-state index is 13.3. The third kappa shape index (κ3) is 5.52. The summed E-state index contributed by atoms with van der Waals surface area (Å²) in [6.45, 7) is 3.25. The summed E-state index contributed by atoms with van der Waals surface area (Å²) in [6.07, 6.45) is 0.889. The Morgan fingerprint density at radius 3 is 2.67 bits per heavy atom. The average molecular weight is 584 g/mol. The smallest absolute Gasteiger partial charge is 0.293 e. The number of benzene rings is 3. The predicted octanol–water partition coefficient (Wildman–Crippen LogP) is 4.18. The van der Waals surface area contributed by atoms with Gasteiger partial charge in [0.2, 0.25) is 11.6 Å². The summed E-state index contributed by atoms with van der Waals surface area (Å²) in [5.74, 6) is 0.336. The number of rotatable bonds is 9. The lowest BCUT2D eigenvalue weighted by molar-refractivity contribution is 0.0948. The van der Waals surface area contributed by atoms with Crippen LogP contribution >= 0.6 is 11.6 Å². The topological polar surface area (TPSA) is 150 Å². The number of fused-ring (bicyclic) bond motifs is 1. The minimum Gasteiger partial charge on any atom is -0.489 e. The van der Waals surface area contributed by atoms with Crippen LogP contribution in [0.3, 0.4) is 0 Å². The van der Waals surface area contributed by atoms with Crippen LogP contribution < -0.4 is 20.8 Å². The highest BCUT2D eigenvalue weighted by Gasteiger charge is 2.28. The lowest BCUT2D eigenvalue weighted by atomic mass is 10.1. The van der Waals surface area contributed by atoms with E-state index in [4.69, 9.17) is 26.7 Å². The highest BCUT2D eigenvalue weighted by atomic mass is 35.5. The van der Waals surface area contributed by atoms with E-state index in [0.29, 0.717) is 35.3 Å². The third-order valence-electron chi connectivity index (χ3n) is 6.95. The average Bonchev–Trinajstić information content (AvgIpc) is 3.74. The van der Waals surface area contributed by atoms with E-state index < -0.39 is 5.91 Å². The zero-order valence-electron chi connectivity index (χ0n) is 22.6. The molecule has 0 saturated heterocycles. The summed E-state index contributed by atoms with van der Waals surface area (Å²) < 4.78 is 12.0. The Morgan fingerprint density at radius 1 is 1.10 bits per heavy atom. The van der Waals surface area contributed by atoms with E-state index in [-0.39, 0.29) is 17.3 Å². The van der Waals surface area contributed by atoms with Crippen LogP contribution in [-0.4, -0.2) is 43.5 Å². The molecule has 42 heavy (non-hydrogen) atoms. The Kier molecular flexibility index (Phi) is 7.52. The molecule has 6 rings (SSSR count). The normalized spacial score (nSPS) is 12.8. The third-order valence-corrected chi connectivity index (χ3v) is 7.32. The number of nitrogens with zero attached hydrogens (tertiary/aromatic N) is 7. The molecular formula is C29H26ClN9O3. The molecule has 0 spiro atoms. The molecule has 3 heterocycles. The van der Waals surface area contributed by atoms with Gasteiger partial charge in [0.05, 0.1) is 18.0 Å². The van der Waals surface area contributed by atoms with Gasteiger partial charge in [-0.2, -0.15) is 9.78 Å². The highest BCUT2D eigenvalue weighted by Crippen LogP contribution is 2.30. The van der Waals surface area contributed by atoms with Crippen molar-refractivity contribution in [1.82, 2.24) is 30.7 Å². The minimum absolute atomic E-state index is 0.0306. The van der Waals surface area contributed by atoms with Crippen LogP contribution in [0.15, 0.2) is 82.5 Å². The summed E-state index contributed by atoms with van der Waals surface area (Å²) in [4.78, 5) is 15.5. The maximum Gasteiger partial charge on any atom is 0.293 e. The number of halogens is 1. The highest BCUT2D eigenvalue weighted by molar-refractivity contribution is 6.31. The first-order valence-electron chi connectivity index (χ1n) is 13.1. The van der Waals surface area contributed by atoms with Crippen LogP contribution in [0.5, 0.6) is 5.75 Å². The van der Waals surface area contributed by atoms with E-state index in [1.165, 1.54) is 10.2 Å². The fourth-order valence-electron chi connectivity index (χ4n) is 4.70. The molecule has 1 aliphatic rings. The second kappa shape index (κ2) is 11.7. The summed E-state index contributed by atoms with van der Waals surface area (Å²) in [5, 5.41) is 20.7. The van der Waals surface area contributed by atoms with Gasteiger partial charge in [-0.15, -0.1) is 5.10 Å². The molecule has 0 unspecified atom stereocenters. The number of amides is 1. The molecular weight excluding hydrogens is 558 g/mol. The van der Waals surface area contributed by atoms with Gasteiger partial charge in [-0.25, -0.2) is 10.1 Å². The zero-order valence-corrected chi connectivity index (χ0v) is 23.3. The van der Waals surface area contributed by atoms with Crippen molar-refractivity contribution in [3.8, 4) is 11.6 Å². The molecule has 3 aromatic carbocycles. The number of aromatic nitrogens is 5. The second-order valence-corrected chi connectivity index (χ2v) is 10.0. The number of para-hydroxylation sites is 1. The molecule has 5 aromatic rings. The number of nitrogens with two attached hydrogens (primary N) is 1. The molecule has 2 aromatic heterocycles. The van der Waals surface area contributed by atoms with Crippen molar-refractivity contribution in [1.29, 1.82) is 0 Å². The standard InChI is InChI=1S/C29H26ClN9O3/c1-18(19-10-12-22(13-11-19)41-17-21-7-2-4-8-23(21)30)32-34-29(40)26-25(39(37-33-26)28-27(31)35-42-36-28)16-38-15-14-20-6-3-5-9-24(20)38/h2-13H,14-17H2,1H3,(H2,31,35)(H,34,40)/b32-18-. The van der Waals surface area contributed by atoms with Gasteiger partial charge in [0.1, 0.15) is 12.4 Å². The SMILES string of the molecule is C/C(=N/NC(=O)c1nnn(-c2nonc2N)c1CN1CCc2ccccc21)c1ccc(OCc2ccccc2Cl)cc1. The number of anilines is 2. The first kappa shape index (κ1) is 27.0. The number of hydrazone groups is 1. The molecule has 0 fully saturated rings. The van der Waals surface area contributed by atoms with E-state index in [1.807, 2.05) is 66.7 Å². The molecule has 13 heteroatoms. The molecule has 1 aliphatic heterocycles. The van der Waals surface area contributed by atoms with Crippen molar-refractivity contribution >= 4 is 34.7 Å². The fourth-order valence-corrected chi connectivity index (χ4v) is 4.89. The number of hydrogen-bond donors (Lipinski definition) is 2. The summed E-state index contributed by atoms with van der Waals surface area (Å²) >= 11 is 6.21. The van der Waals surface area contributed by atoms with E-state index in [1.54, 1.807) is 6.92 Å². The Hall–Kier alpha value is -5.23. The van der Waals surface area contributed by atoms with Gasteiger partial charge in [-0.05, 0) is 71.2 Å². The number of nitrogen functional groups attached to an aromatic ring is 1. The van der Waals surface area contributed by atoms with Crippen molar-refractivity contribution < 1.29 is 14.2 Å². The van der Waals surface area contributed by atoms with Gasteiger partial charge >= 0.3 is 0 Å². The number of carbonyl (C=O) groups is 1. The van der Waals surface area contributed by atoms with Gasteiger partial charge in [-0.1, -0.05) is 53.2 Å². The van der Waals surface area contributed by atoms with Gasteiger partial charge in [-0.3, -0.25) is 4.79 Å². The van der Waals surface area contributed by atoms with Crippen molar-refractivity contribution in [2.45, 2.75) is 26.5 Å². The van der Waals surface area contributed by atoms with Gasteiger partial charge in [0.25, 0.3) is 5.91 Å². The first-order valence-corrected chi connectivity index (χ1v) is 13.5. The molecule has 0 aliphatic carbocycles. The lowest BCUT2D eigenvalue weighted by Crippen LogP contribution is -2.26. The lowest BCUT2D eigenvalue weighted by Gasteiger charge is -2.19. The molecule has 3 N–H and O–H groups in total. The Morgan fingerprint density at radius 2 is 1.88 bits per heavy atom. The fraction of sp³-hybridized carbons (Fsp3) is 0.172. The molecule has 0 radical (unpaired) electrons. The van der Waals surface area contributed by atoms with E-state index in [9.17, 15) is 4.79 Å². The Labute approximate surface area is 245 Å². The Balaban J connectivity index is 1.18. The predicted molar refractivity (Wildman–Crippen MR) is 157 cm³/mol. The summed E-state index contributed by atoms with van der Waals surface area (Å²) in [6, 6.07) is 23.1. The number of ether oxygens (including phenoxy) is 1. The van der Waals surface area contributed by atoms with Crippen LogP contribution in [0, 0.1) is 0 Å². The maximum atomic E-state index is 13.3. The van der Waals surface area contributed by atoms with Gasteiger partial charge in [0, 0.05) is 22.8 Å². The summed E-state index contributed by atoms with van der Waals surface area (Å²) in [5.41, 5.74) is 13.7. The summed E-state index contributed by atoms with van der Waals surface area (Å²) in [7, 11) is 0. The minimum atomic E-state index is -0.530. The van der Waals surface area contributed by atoms with Crippen molar-refractivity contribution in [3.05, 3.63) is 106 Å². The van der Waals surface area contributed by atoms with Gasteiger partial charge in [0.15, 0.2) is 5.69 Å². The van der Waals surface area contributed by atoms with Gasteiger partial charge < -0.3 is 15.4 Å². The van der Waals surface area contributed by atoms with E-state index >= 15 is 0 Å². The van der Waals surface area contributed by atoms with Crippen molar-refractivity contribution in [3.63, 3.8) is 0 Å². The van der Waals surface area contributed by atoms with E-state index in [0.717, 1.165) is 29.8 Å². The first-order chi connectivity index (χ1) is 20.5. The van der Waals surface area contributed by atoms with Crippen LogP contribution in [0.25, 0.3) is 5.82 Å². The van der Waals surface area contributed by atoms with Crippen LogP contribution in [-0.2, 0) is 19.6 Å². The molecule has 0 atom stereocenters. The number of nitrogens with one attached hydrogen (secondary N) is 1. The van der Waals surface area contributed by atoms with Crippen LogP contribution in [0.2, 0.25) is 5.02 Å². The molecule has 0 bridgehead atoms. The van der Waals surface area contributed by atoms with Crippen molar-refractivity contribution in [2.24, 2.45) is 5.10 Å². The monoisotopic (exact) mass is 583 g/mol. The molecule has 12 nitrogen and oxygen atoms in total.